The van der Waals surface area contributed by atoms with Crippen LogP contribution in [-0.2, 0) is 21.2 Å². The van der Waals surface area contributed by atoms with Crippen LogP contribution in [0.2, 0.25) is 0 Å². The minimum atomic E-state index is -3.48. The lowest BCUT2D eigenvalue weighted by atomic mass is 9.69. The minimum absolute atomic E-state index is 0.0622. The summed E-state index contributed by atoms with van der Waals surface area (Å²) in [5.74, 6) is 0.586. The van der Waals surface area contributed by atoms with Crippen molar-refractivity contribution in [2.24, 2.45) is 5.41 Å². The summed E-state index contributed by atoms with van der Waals surface area (Å²) in [6.07, 6.45) is 4.89. The van der Waals surface area contributed by atoms with Crippen LogP contribution in [0.1, 0.15) is 36.3 Å². The number of ether oxygens (including phenoxy) is 1. The van der Waals surface area contributed by atoms with Gasteiger partial charge in [0, 0.05) is 32.2 Å². The Morgan fingerprint density at radius 1 is 1.03 bits per heavy atom. The standard InChI is InChI=1S/C25H30N2O4S/c1-31-20-7-9-21(10-8-20)32(29,30)27-14-12-25(13-15-27)17-26(18-25)24-11-6-19-4-2-3-5-22(19)23(24)16-28/h2-5,7-10,16,23-24H,6,11-15,17-18H2,1H3. The van der Waals surface area contributed by atoms with E-state index in [1.165, 1.54) is 11.1 Å². The van der Waals surface area contributed by atoms with Crippen molar-refractivity contribution in [3.05, 3.63) is 59.7 Å². The predicted molar refractivity (Wildman–Crippen MR) is 122 cm³/mol. The maximum absolute atomic E-state index is 13.1. The number of methoxy groups -OCH3 is 1. The Balaban J connectivity index is 1.22. The van der Waals surface area contributed by atoms with Crippen LogP contribution in [0.25, 0.3) is 0 Å². The normalized spacial score (nSPS) is 25.7. The molecular formula is C25H30N2O4S. The molecule has 5 rings (SSSR count). The quantitative estimate of drug-likeness (QED) is 0.650. The van der Waals surface area contributed by atoms with Crippen LogP contribution in [0.5, 0.6) is 5.75 Å². The smallest absolute Gasteiger partial charge is 0.243 e. The SMILES string of the molecule is COc1ccc(S(=O)(=O)N2CCC3(CC2)CN(C2CCc4ccccc4C2C=O)C3)cc1. The average Bonchev–Trinajstić information content (AvgIpc) is 2.82. The van der Waals surface area contributed by atoms with E-state index in [-0.39, 0.29) is 17.4 Å². The molecule has 0 amide bonds. The Morgan fingerprint density at radius 3 is 2.38 bits per heavy atom. The second kappa shape index (κ2) is 8.28. The van der Waals surface area contributed by atoms with Gasteiger partial charge in [0.15, 0.2) is 0 Å². The predicted octanol–water partition coefficient (Wildman–Crippen LogP) is 3.08. The van der Waals surface area contributed by atoms with E-state index in [4.69, 9.17) is 4.74 Å². The van der Waals surface area contributed by atoms with Crippen LogP contribution in [0, 0.1) is 5.41 Å². The molecule has 1 spiro atoms. The lowest BCUT2D eigenvalue weighted by molar-refractivity contribution is -0.115. The first kappa shape index (κ1) is 21.6. The van der Waals surface area contributed by atoms with Crippen LogP contribution in [0.3, 0.4) is 0 Å². The van der Waals surface area contributed by atoms with Crippen molar-refractivity contribution in [3.8, 4) is 5.75 Å². The van der Waals surface area contributed by atoms with E-state index in [0.717, 1.165) is 45.1 Å². The number of fused-ring (bicyclic) bond motifs is 1. The number of carbonyl (C=O) groups excluding carboxylic acids is 1. The third kappa shape index (κ3) is 3.66. The van der Waals surface area contributed by atoms with Crippen molar-refractivity contribution in [3.63, 3.8) is 0 Å². The molecule has 6 nitrogen and oxygen atoms in total. The van der Waals surface area contributed by atoms with Crippen LogP contribution in [0.4, 0.5) is 0 Å². The van der Waals surface area contributed by atoms with Gasteiger partial charge < -0.3 is 9.53 Å². The van der Waals surface area contributed by atoms with Gasteiger partial charge in [-0.15, -0.1) is 0 Å². The lowest BCUT2D eigenvalue weighted by Crippen LogP contribution is -2.64. The van der Waals surface area contributed by atoms with Crippen LogP contribution in [-0.4, -0.2) is 63.2 Å². The number of piperidine rings is 1. The molecule has 1 aliphatic carbocycles. The fourth-order valence-corrected chi connectivity index (χ4v) is 7.26. The molecule has 7 heteroatoms. The van der Waals surface area contributed by atoms with E-state index in [1.54, 1.807) is 35.7 Å². The monoisotopic (exact) mass is 454 g/mol. The maximum Gasteiger partial charge on any atom is 0.243 e. The molecule has 0 N–H and O–H groups in total. The van der Waals surface area contributed by atoms with Gasteiger partial charge in [-0.3, -0.25) is 4.90 Å². The second-order valence-electron chi connectivity index (χ2n) is 9.45. The fraction of sp³-hybridized carbons (Fsp3) is 0.480. The zero-order valence-electron chi connectivity index (χ0n) is 18.4. The van der Waals surface area contributed by atoms with Crippen molar-refractivity contribution in [1.82, 2.24) is 9.21 Å². The summed E-state index contributed by atoms with van der Waals surface area (Å²) in [4.78, 5) is 14.7. The van der Waals surface area contributed by atoms with Crippen molar-refractivity contribution >= 4 is 16.3 Å². The van der Waals surface area contributed by atoms with Crippen LogP contribution < -0.4 is 4.74 Å². The highest BCUT2D eigenvalue weighted by Crippen LogP contribution is 2.46. The highest BCUT2D eigenvalue weighted by atomic mass is 32.2. The van der Waals surface area contributed by atoms with Crippen molar-refractivity contribution in [2.75, 3.05) is 33.3 Å². The molecule has 2 aliphatic heterocycles. The molecule has 3 aliphatic rings. The maximum atomic E-state index is 13.1. The number of aryl methyl sites for hydroxylation is 1. The van der Waals surface area contributed by atoms with Gasteiger partial charge in [-0.2, -0.15) is 4.31 Å². The summed E-state index contributed by atoms with van der Waals surface area (Å²) in [5, 5.41) is 0. The summed E-state index contributed by atoms with van der Waals surface area (Å²) in [5.41, 5.74) is 2.66. The topological polar surface area (TPSA) is 66.9 Å². The fourth-order valence-electron chi connectivity index (χ4n) is 5.81. The number of hydrogen-bond acceptors (Lipinski definition) is 5. The molecule has 2 heterocycles. The number of aldehydes is 1. The number of benzene rings is 2. The Hall–Kier alpha value is -2.22. The van der Waals surface area contributed by atoms with Crippen molar-refractivity contribution in [1.29, 1.82) is 0 Å². The van der Waals surface area contributed by atoms with Gasteiger partial charge in [0.2, 0.25) is 10.0 Å². The van der Waals surface area contributed by atoms with Gasteiger partial charge in [-0.1, -0.05) is 24.3 Å². The van der Waals surface area contributed by atoms with Gasteiger partial charge in [0.1, 0.15) is 12.0 Å². The molecule has 2 aromatic carbocycles. The molecule has 2 atom stereocenters. The Bertz CT molecular complexity index is 1080. The Morgan fingerprint density at radius 2 is 1.72 bits per heavy atom. The molecule has 0 radical (unpaired) electrons. The zero-order valence-corrected chi connectivity index (χ0v) is 19.3. The van der Waals surface area contributed by atoms with E-state index in [2.05, 4.69) is 17.0 Å². The first-order valence-corrected chi connectivity index (χ1v) is 12.8. The second-order valence-corrected chi connectivity index (χ2v) is 11.4. The van der Waals surface area contributed by atoms with Gasteiger partial charge in [0.05, 0.1) is 17.9 Å². The average molecular weight is 455 g/mol. The van der Waals surface area contributed by atoms with Gasteiger partial charge in [-0.25, -0.2) is 8.42 Å². The molecule has 2 fully saturated rings. The highest BCUT2D eigenvalue weighted by molar-refractivity contribution is 7.89. The molecule has 0 saturated carbocycles. The third-order valence-electron chi connectivity index (χ3n) is 7.71. The molecule has 0 bridgehead atoms. The van der Waals surface area contributed by atoms with Crippen LogP contribution >= 0.6 is 0 Å². The van der Waals surface area contributed by atoms with Gasteiger partial charge in [-0.05, 0) is 66.5 Å². The first-order valence-electron chi connectivity index (χ1n) is 11.4. The van der Waals surface area contributed by atoms with Gasteiger partial charge in [0.25, 0.3) is 0 Å². The largest absolute Gasteiger partial charge is 0.497 e. The van der Waals surface area contributed by atoms with Crippen molar-refractivity contribution < 1.29 is 17.9 Å². The Kier molecular flexibility index (Phi) is 5.60. The van der Waals surface area contributed by atoms with E-state index < -0.39 is 10.0 Å². The third-order valence-corrected chi connectivity index (χ3v) is 9.62. The summed E-state index contributed by atoms with van der Waals surface area (Å²) < 4.78 is 32.9. The summed E-state index contributed by atoms with van der Waals surface area (Å²) in [6, 6.07) is 15.2. The molecule has 0 aromatic heterocycles. The molecular weight excluding hydrogens is 424 g/mol. The zero-order chi connectivity index (χ0) is 22.3. The Labute approximate surface area is 190 Å². The number of likely N-dealkylation sites (tertiary alicyclic amines) is 1. The highest BCUT2D eigenvalue weighted by Gasteiger charge is 2.50. The summed E-state index contributed by atoms with van der Waals surface area (Å²) in [7, 11) is -1.92. The number of hydrogen-bond donors (Lipinski definition) is 0. The summed E-state index contributed by atoms with van der Waals surface area (Å²) in [6.45, 7) is 3.01. The number of nitrogens with zero attached hydrogens (tertiary/aromatic N) is 2. The summed E-state index contributed by atoms with van der Waals surface area (Å²) >= 11 is 0. The van der Waals surface area contributed by atoms with E-state index in [1.807, 2.05) is 12.1 Å². The van der Waals surface area contributed by atoms with E-state index in [0.29, 0.717) is 23.7 Å². The molecule has 32 heavy (non-hydrogen) atoms. The number of sulfonamides is 1. The molecule has 2 aromatic rings. The number of carbonyl (C=O) groups is 1. The molecule has 2 saturated heterocycles. The lowest BCUT2D eigenvalue weighted by Gasteiger charge is -2.57. The van der Waals surface area contributed by atoms with Crippen molar-refractivity contribution in [2.45, 2.75) is 42.5 Å². The minimum Gasteiger partial charge on any atom is -0.497 e. The molecule has 2 unspecified atom stereocenters. The van der Waals surface area contributed by atoms with Gasteiger partial charge >= 0.3 is 0 Å². The van der Waals surface area contributed by atoms with E-state index in [9.17, 15) is 13.2 Å². The first-order chi connectivity index (χ1) is 15.5. The van der Waals surface area contributed by atoms with Crippen LogP contribution in [0.15, 0.2) is 53.4 Å². The number of rotatable bonds is 5. The van der Waals surface area contributed by atoms with E-state index >= 15 is 0 Å². The molecule has 170 valence electrons.